The first kappa shape index (κ1) is 14.5. The Labute approximate surface area is 130 Å². The summed E-state index contributed by atoms with van der Waals surface area (Å²) in [6.07, 6.45) is 1.77. The average molecular weight is 389 g/mol. The molecule has 0 saturated heterocycles. The van der Waals surface area contributed by atoms with Crippen LogP contribution in [0.4, 0.5) is 0 Å². The van der Waals surface area contributed by atoms with Crippen molar-refractivity contribution in [3.63, 3.8) is 0 Å². The van der Waals surface area contributed by atoms with Crippen molar-refractivity contribution in [3.05, 3.63) is 48.4 Å². The van der Waals surface area contributed by atoms with Gasteiger partial charge in [0.05, 0.1) is 9.26 Å². The molecular weight excluding hydrogens is 375 g/mol. The van der Waals surface area contributed by atoms with Gasteiger partial charge in [0.25, 0.3) is 5.56 Å². The molecule has 0 aliphatic rings. The van der Waals surface area contributed by atoms with Crippen LogP contribution in [0.15, 0.2) is 23.0 Å². The number of nitrogens with zero attached hydrogens (tertiary/aromatic N) is 1. The lowest BCUT2D eigenvalue weighted by atomic mass is 10.1. The third-order valence-electron chi connectivity index (χ3n) is 2.86. The SMILES string of the molecule is CCCc1nc(-c2ccc(Cl)cc2C)[nH]c(=O)c1I. The lowest BCUT2D eigenvalue weighted by molar-refractivity contribution is 0.860. The Morgan fingerprint density at radius 3 is 2.79 bits per heavy atom. The minimum Gasteiger partial charge on any atom is -0.306 e. The summed E-state index contributed by atoms with van der Waals surface area (Å²) in [6.45, 7) is 4.03. The molecule has 1 aromatic heterocycles. The zero-order valence-electron chi connectivity index (χ0n) is 10.8. The van der Waals surface area contributed by atoms with Gasteiger partial charge in [0.2, 0.25) is 0 Å². The molecule has 0 saturated carbocycles. The zero-order valence-corrected chi connectivity index (χ0v) is 13.7. The van der Waals surface area contributed by atoms with Crippen LogP contribution in [0, 0.1) is 10.5 Å². The highest BCUT2D eigenvalue weighted by molar-refractivity contribution is 14.1. The van der Waals surface area contributed by atoms with E-state index in [1.165, 1.54) is 0 Å². The van der Waals surface area contributed by atoms with Gasteiger partial charge in [-0.15, -0.1) is 0 Å². The molecule has 1 heterocycles. The van der Waals surface area contributed by atoms with Gasteiger partial charge in [0.1, 0.15) is 5.82 Å². The van der Waals surface area contributed by atoms with Crippen molar-refractivity contribution in [2.75, 3.05) is 0 Å². The number of aryl methyl sites for hydroxylation is 2. The second kappa shape index (κ2) is 6.05. The summed E-state index contributed by atoms with van der Waals surface area (Å²) in [4.78, 5) is 19.4. The maximum atomic E-state index is 12.0. The molecule has 0 spiro atoms. The van der Waals surface area contributed by atoms with Gasteiger partial charge in [0, 0.05) is 10.6 Å². The van der Waals surface area contributed by atoms with Gasteiger partial charge in [-0.1, -0.05) is 24.9 Å². The Morgan fingerprint density at radius 2 is 2.16 bits per heavy atom. The number of aromatic nitrogens is 2. The van der Waals surface area contributed by atoms with Crippen molar-refractivity contribution < 1.29 is 0 Å². The summed E-state index contributed by atoms with van der Waals surface area (Å²) in [5.41, 5.74) is 2.69. The molecule has 19 heavy (non-hydrogen) atoms. The van der Waals surface area contributed by atoms with Crippen molar-refractivity contribution in [2.45, 2.75) is 26.7 Å². The van der Waals surface area contributed by atoms with E-state index in [0.29, 0.717) is 14.4 Å². The Morgan fingerprint density at radius 1 is 1.42 bits per heavy atom. The standard InChI is InChI=1S/C14H14ClIN2O/c1-3-4-11-12(16)14(19)18-13(17-11)10-6-5-9(15)7-8(10)2/h5-7H,3-4H2,1-2H3,(H,17,18,19). The summed E-state index contributed by atoms with van der Waals surface area (Å²) in [5.74, 6) is 0.614. The van der Waals surface area contributed by atoms with Gasteiger partial charge in [0.15, 0.2) is 0 Å². The van der Waals surface area contributed by atoms with E-state index in [0.717, 1.165) is 29.7 Å². The van der Waals surface area contributed by atoms with Crippen molar-refractivity contribution in [1.82, 2.24) is 9.97 Å². The number of hydrogen-bond donors (Lipinski definition) is 1. The molecule has 1 aromatic carbocycles. The lowest BCUT2D eigenvalue weighted by Crippen LogP contribution is -2.16. The first-order chi connectivity index (χ1) is 9.02. The Bertz CT molecular complexity index is 667. The van der Waals surface area contributed by atoms with E-state index < -0.39 is 0 Å². The molecule has 0 amide bonds. The summed E-state index contributed by atoms with van der Waals surface area (Å²) in [7, 11) is 0. The number of halogens is 2. The predicted octanol–water partition coefficient (Wildman–Crippen LogP) is 3.96. The molecule has 0 radical (unpaired) electrons. The highest BCUT2D eigenvalue weighted by atomic mass is 127. The molecule has 0 atom stereocenters. The number of H-pyrrole nitrogens is 1. The van der Waals surface area contributed by atoms with E-state index in [-0.39, 0.29) is 5.56 Å². The molecule has 0 bridgehead atoms. The molecule has 0 aliphatic heterocycles. The van der Waals surface area contributed by atoms with Gasteiger partial charge in [-0.05, 0) is 59.7 Å². The number of rotatable bonds is 3. The Balaban J connectivity index is 2.59. The quantitative estimate of drug-likeness (QED) is 0.809. The van der Waals surface area contributed by atoms with Gasteiger partial charge in [-0.3, -0.25) is 4.79 Å². The molecule has 1 N–H and O–H groups in total. The zero-order chi connectivity index (χ0) is 14.0. The fourth-order valence-corrected chi connectivity index (χ4v) is 2.68. The maximum Gasteiger partial charge on any atom is 0.264 e. The van der Waals surface area contributed by atoms with Crippen LogP contribution in [-0.2, 0) is 6.42 Å². The van der Waals surface area contributed by atoms with E-state index in [9.17, 15) is 4.79 Å². The summed E-state index contributed by atoms with van der Waals surface area (Å²) >= 11 is 8.00. The Hall–Kier alpha value is -0.880. The average Bonchev–Trinajstić information content (AvgIpc) is 2.35. The predicted molar refractivity (Wildman–Crippen MR) is 86.8 cm³/mol. The molecule has 100 valence electrons. The second-order valence-corrected chi connectivity index (χ2v) is 5.90. The van der Waals surface area contributed by atoms with Crippen LogP contribution in [-0.4, -0.2) is 9.97 Å². The minimum absolute atomic E-state index is 0.0802. The van der Waals surface area contributed by atoms with E-state index in [4.69, 9.17) is 11.6 Å². The van der Waals surface area contributed by atoms with E-state index in [1.807, 2.05) is 19.1 Å². The van der Waals surface area contributed by atoms with Crippen molar-refractivity contribution >= 4 is 34.2 Å². The molecule has 3 nitrogen and oxygen atoms in total. The normalized spacial score (nSPS) is 10.7. The highest BCUT2D eigenvalue weighted by Crippen LogP contribution is 2.23. The molecular formula is C14H14ClIN2O. The topological polar surface area (TPSA) is 45.8 Å². The van der Waals surface area contributed by atoms with Crippen molar-refractivity contribution in [2.24, 2.45) is 0 Å². The first-order valence-corrected chi connectivity index (χ1v) is 7.53. The van der Waals surface area contributed by atoms with Crippen LogP contribution in [0.5, 0.6) is 0 Å². The summed E-state index contributed by atoms with van der Waals surface area (Å²) in [6, 6.07) is 5.56. The van der Waals surface area contributed by atoms with E-state index in [1.54, 1.807) is 6.07 Å². The Kier molecular flexibility index (Phi) is 4.62. The van der Waals surface area contributed by atoms with Crippen LogP contribution >= 0.6 is 34.2 Å². The lowest BCUT2D eigenvalue weighted by Gasteiger charge is -2.08. The summed E-state index contributed by atoms with van der Waals surface area (Å²) < 4.78 is 0.676. The van der Waals surface area contributed by atoms with Gasteiger partial charge in [-0.2, -0.15) is 0 Å². The van der Waals surface area contributed by atoms with Crippen molar-refractivity contribution in [3.8, 4) is 11.4 Å². The number of benzene rings is 1. The van der Waals surface area contributed by atoms with E-state index >= 15 is 0 Å². The first-order valence-electron chi connectivity index (χ1n) is 6.08. The van der Waals surface area contributed by atoms with Crippen LogP contribution in [0.25, 0.3) is 11.4 Å². The van der Waals surface area contributed by atoms with Gasteiger partial charge < -0.3 is 4.98 Å². The van der Waals surface area contributed by atoms with Crippen LogP contribution in [0.2, 0.25) is 5.02 Å². The monoisotopic (exact) mass is 388 g/mol. The minimum atomic E-state index is -0.0802. The molecule has 2 aromatic rings. The van der Waals surface area contributed by atoms with Crippen LogP contribution in [0.3, 0.4) is 0 Å². The third-order valence-corrected chi connectivity index (χ3v) is 4.21. The molecule has 0 unspecified atom stereocenters. The highest BCUT2D eigenvalue weighted by Gasteiger charge is 2.11. The van der Waals surface area contributed by atoms with Crippen LogP contribution in [0.1, 0.15) is 24.6 Å². The molecule has 0 aliphatic carbocycles. The largest absolute Gasteiger partial charge is 0.306 e. The number of aromatic amines is 1. The molecule has 0 fully saturated rings. The second-order valence-electron chi connectivity index (χ2n) is 4.38. The van der Waals surface area contributed by atoms with E-state index in [2.05, 4.69) is 39.5 Å². The van der Waals surface area contributed by atoms with Crippen molar-refractivity contribution in [1.29, 1.82) is 0 Å². The number of hydrogen-bond acceptors (Lipinski definition) is 2. The number of nitrogens with one attached hydrogen (secondary N) is 1. The fourth-order valence-electron chi connectivity index (χ4n) is 1.93. The van der Waals surface area contributed by atoms with Gasteiger partial charge in [-0.25, -0.2) is 4.98 Å². The maximum absolute atomic E-state index is 12.0. The van der Waals surface area contributed by atoms with Crippen LogP contribution < -0.4 is 5.56 Å². The third kappa shape index (κ3) is 3.17. The van der Waals surface area contributed by atoms with Gasteiger partial charge >= 0.3 is 0 Å². The fraction of sp³-hybridized carbons (Fsp3) is 0.286. The summed E-state index contributed by atoms with van der Waals surface area (Å²) in [5, 5.41) is 0.683. The molecule has 2 rings (SSSR count). The molecule has 5 heteroatoms. The smallest absolute Gasteiger partial charge is 0.264 e.